The molecule has 0 atom stereocenters. The highest BCUT2D eigenvalue weighted by molar-refractivity contribution is 8.00. The Morgan fingerprint density at radius 1 is 1.08 bits per heavy atom. The van der Waals surface area contributed by atoms with Gasteiger partial charge in [0.05, 0.1) is 28.8 Å². The van der Waals surface area contributed by atoms with Gasteiger partial charge in [-0.25, -0.2) is 9.97 Å². The van der Waals surface area contributed by atoms with Gasteiger partial charge in [0.15, 0.2) is 0 Å². The van der Waals surface area contributed by atoms with Crippen molar-refractivity contribution in [1.82, 2.24) is 9.97 Å². The van der Waals surface area contributed by atoms with Crippen molar-refractivity contribution in [2.75, 3.05) is 47.0 Å². The molecule has 2 aromatic carbocycles. The van der Waals surface area contributed by atoms with Crippen LogP contribution in [0, 0.1) is 5.41 Å². The second-order valence-electron chi connectivity index (χ2n) is 10.5. The highest BCUT2D eigenvalue weighted by Crippen LogP contribution is 2.54. The molecule has 1 saturated carbocycles. The van der Waals surface area contributed by atoms with Crippen molar-refractivity contribution in [3.63, 3.8) is 0 Å². The molecule has 2 heterocycles. The summed E-state index contributed by atoms with van der Waals surface area (Å²) in [7, 11) is 0. The van der Waals surface area contributed by atoms with Gasteiger partial charge in [0.25, 0.3) is 0 Å². The van der Waals surface area contributed by atoms with Crippen molar-refractivity contribution >= 4 is 45.7 Å². The predicted octanol–water partition coefficient (Wildman–Crippen LogP) is 4.96. The molecule has 3 aromatic rings. The number of fused-ring (bicyclic) bond motifs is 1. The molecular weight excluding hydrogens is 474 g/mol. The minimum atomic E-state index is -0.907. The number of aliphatic hydroxyl groups is 2. The summed E-state index contributed by atoms with van der Waals surface area (Å²) in [5.41, 5.74) is 3.47. The Labute approximate surface area is 216 Å². The van der Waals surface area contributed by atoms with E-state index >= 15 is 0 Å². The molecule has 2 aliphatic rings. The van der Waals surface area contributed by atoms with Crippen molar-refractivity contribution in [3.05, 3.63) is 42.7 Å². The number of piperidine rings is 1. The Hall–Kier alpha value is -2.75. The van der Waals surface area contributed by atoms with Gasteiger partial charge in [-0.3, -0.25) is 0 Å². The average Bonchev–Trinajstić information content (AvgIpc) is 3.61. The SMILES string of the molecule is CC(C)(O)COc1cccc(Nc2ncnc3cc(NSCCO)cc(N4CCC5(CC4)CC5)c23)c1. The molecule has 0 radical (unpaired) electrons. The zero-order chi connectivity index (χ0) is 25.2. The van der Waals surface area contributed by atoms with E-state index < -0.39 is 5.60 Å². The molecule has 0 amide bonds. The van der Waals surface area contributed by atoms with Crippen LogP contribution < -0.4 is 19.7 Å². The first-order valence-electron chi connectivity index (χ1n) is 12.6. The Balaban J connectivity index is 1.46. The summed E-state index contributed by atoms with van der Waals surface area (Å²) < 4.78 is 9.14. The molecule has 1 aliphatic carbocycles. The number of aromatic nitrogens is 2. The molecule has 2 fully saturated rings. The first kappa shape index (κ1) is 24.9. The van der Waals surface area contributed by atoms with Gasteiger partial charge in [-0.15, -0.1) is 0 Å². The van der Waals surface area contributed by atoms with Crippen LogP contribution in [0.3, 0.4) is 0 Å². The van der Waals surface area contributed by atoms with Crippen LogP contribution in [0.5, 0.6) is 5.75 Å². The molecule has 0 bridgehead atoms. The molecule has 1 aliphatic heterocycles. The predicted molar refractivity (Wildman–Crippen MR) is 147 cm³/mol. The third-order valence-electron chi connectivity index (χ3n) is 6.91. The summed E-state index contributed by atoms with van der Waals surface area (Å²) in [6, 6.07) is 11.9. The number of anilines is 4. The van der Waals surface area contributed by atoms with Crippen molar-refractivity contribution in [1.29, 1.82) is 0 Å². The number of nitrogens with one attached hydrogen (secondary N) is 2. The number of hydrogen-bond acceptors (Lipinski definition) is 9. The number of ether oxygens (including phenoxy) is 1. The summed E-state index contributed by atoms with van der Waals surface area (Å²) in [5.74, 6) is 2.04. The quantitative estimate of drug-likeness (QED) is 0.223. The van der Waals surface area contributed by atoms with Crippen LogP contribution >= 0.6 is 11.9 Å². The molecule has 1 aromatic heterocycles. The van der Waals surface area contributed by atoms with Crippen LogP contribution in [0.4, 0.5) is 22.9 Å². The fourth-order valence-electron chi connectivity index (χ4n) is 4.71. The minimum Gasteiger partial charge on any atom is -0.491 e. The van der Waals surface area contributed by atoms with Gasteiger partial charge in [0, 0.05) is 36.3 Å². The van der Waals surface area contributed by atoms with Gasteiger partial charge in [0.2, 0.25) is 0 Å². The number of hydrogen-bond donors (Lipinski definition) is 4. The highest BCUT2D eigenvalue weighted by atomic mass is 32.2. The third-order valence-corrected chi connectivity index (χ3v) is 7.68. The molecular formula is C27H35N5O3S. The van der Waals surface area contributed by atoms with Gasteiger partial charge in [0.1, 0.15) is 24.5 Å². The molecule has 9 heteroatoms. The van der Waals surface area contributed by atoms with Crippen molar-refractivity contribution < 1.29 is 14.9 Å². The topological polar surface area (TPSA) is 103 Å². The van der Waals surface area contributed by atoms with E-state index in [9.17, 15) is 10.2 Å². The molecule has 1 spiro atoms. The highest BCUT2D eigenvalue weighted by Gasteiger charge is 2.44. The molecule has 1 saturated heterocycles. The summed E-state index contributed by atoms with van der Waals surface area (Å²) in [6.07, 6.45) is 6.76. The van der Waals surface area contributed by atoms with Gasteiger partial charge < -0.3 is 29.9 Å². The normalized spacial score (nSPS) is 16.8. The largest absolute Gasteiger partial charge is 0.491 e. The lowest BCUT2D eigenvalue weighted by molar-refractivity contribution is 0.0285. The van der Waals surface area contributed by atoms with E-state index in [2.05, 4.69) is 31.0 Å². The van der Waals surface area contributed by atoms with Crippen LogP contribution in [-0.4, -0.2) is 57.8 Å². The second-order valence-corrected chi connectivity index (χ2v) is 11.4. The summed E-state index contributed by atoms with van der Waals surface area (Å²) in [6.45, 7) is 5.83. The van der Waals surface area contributed by atoms with Crippen molar-refractivity contribution in [2.24, 2.45) is 5.41 Å². The van der Waals surface area contributed by atoms with Gasteiger partial charge in [-0.2, -0.15) is 0 Å². The Bertz CT molecular complexity index is 1200. The Kier molecular flexibility index (Phi) is 7.14. The average molecular weight is 510 g/mol. The van der Waals surface area contributed by atoms with E-state index in [0.29, 0.717) is 16.9 Å². The maximum Gasteiger partial charge on any atom is 0.143 e. The van der Waals surface area contributed by atoms with Crippen LogP contribution in [-0.2, 0) is 0 Å². The van der Waals surface area contributed by atoms with Crippen LogP contribution in [0.15, 0.2) is 42.7 Å². The second kappa shape index (κ2) is 10.3. The maximum atomic E-state index is 10.0. The first-order chi connectivity index (χ1) is 17.3. The molecule has 36 heavy (non-hydrogen) atoms. The van der Waals surface area contributed by atoms with Crippen molar-refractivity contribution in [2.45, 2.75) is 45.1 Å². The third kappa shape index (κ3) is 5.96. The van der Waals surface area contributed by atoms with Gasteiger partial charge >= 0.3 is 0 Å². The fraction of sp³-hybridized carbons (Fsp3) is 0.481. The van der Waals surface area contributed by atoms with E-state index in [1.54, 1.807) is 20.2 Å². The smallest absolute Gasteiger partial charge is 0.143 e. The molecule has 8 nitrogen and oxygen atoms in total. The number of benzene rings is 2. The van der Waals surface area contributed by atoms with E-state index in [0.717, 1.165) is 46.9 Å². The summed E-state index contributed by atoms with van der Waals surface area (Å²) in [5, 5.41) is 23.7. The molecule has 0 unspecified atom stereocenters. The summed E-state index contributed by atoms with van der Waals surface area (Å²) in [4.78, 5) is 11.7. The number of rotatable bonds is 10. The Morgan fingerprint density at radius 3 is 2.61 bits per heavy atom. The van der Waals surface area contributed by atoms with Crippen molar-refractivity contribution in [3.8, 4) is 5.75 Å². The van der Waals surface area contributed by atoms with E-state index in [1.165, 1.54) is 37.6 Å². The lowest BCUT2D eigenvalue weighted by Gasteiger charge is -2.35. The molecule has 4 N–H and O–H groups in total. The van der Waals surface area contributed by atoms with E-state index in [-0.39, 0.29) is 13.2 Å². The Morgan fingerprint density at radius 2 is 1.89 bits per heavy atom. The van der Waals surface area contributed by atoms with Gasteiger partial charge in [-0.05, 0) is 69.2 Å². The lowest BCUT2D eigenvalue weighted by atomic mass is 9.93. The zero-order valence-electron chi connectivity index (χ0n) is 21.0. The van der Waals surface area contributed by atoms with E-state index in [4.69, 9.17) is 4.74 Å². The first-order valence-corrected chi connectivity index (χ1v) is 13.6. The monoisotopic (exact) mass is 509 g/mol. The maximum absolute atomic E-state index is 10.0. The van der Waals surface area contributed by atoms with E-state index in [1.807, 2.05) is 30.3 Å². The lowest BCUT2D eigenvalue weighted by Crippen LogP contribution is -2.34. The molecule has 5 rings (SSSR count). The van der Waals surface area contributed by atoms with Crippen LogP contribution in [0.1, 0.15) is 39.5 Å². The fourth-order valence-corrected chi connectivity index (χ4v) is 5.19. The zero-order valence-corrected chi connectivity index (χ0v) is 21.8. The van der Waals surface area contributed by atoms with Gasteiger partial charge in [-0.1, -0.05) is 18.0 Å². The van der Waals surface area contributed by atoms with Crippen LogP contribution in [0.25, 0.3) is 10.9 Å². The molecule has 192 valence electrons. The van der Waals surface area contributed by atoms with Crippen LogP contribution in [0.2, 0.25) is 0 Å². The number of aliphatic hydroxyl groups excluding tert-OH is 1. The summed E-state index contributed by atoms with van der Waals surface area (Å²) >= 11 is 1.49. The minimum absolute atomic E-state index is 0.126. The number of nitrogens with zero attached hydrogens (tertiary/aromatic N) is 3. The standard InChI is InChI=1S/C27H35N5O3S/c1-26(2,34)17-35-21-5-3-4-19(14-21)30-25-24-22(28-18-29-25)15-20(31-36-13-12-33)16-23(24)32-10-8-27(6-7-27)9-11-32/h3-5,14-16,18,31,33-34H,6-13,17H2,1-2H3,(H,28,29,30).